The maximum atomic E-state index is 11.4. The molecule has 2 fully saturated rings. The molecule has 0 aromatic carbocycles. The first-order chi connectivity index (χ1) is 15.4. The molecule has 0 unspecified atom stereocenters. The fourth-order valence-electron chi connectivity index (χ4n) is 4.15. The highest BCUT2D eigenvalue weighted by Gasteiger charge is 2.44. The third-order valence-corrected chi connectivity index (χ3v) is 5.88. The molecule has 13 nitrogen and oxygen atoms in total. The Hall–Kier alpha value is -3.16. The molecule has 1 aliphatic heterocycles. The number of Topliss-reactive ketones (excluding diaryl/α,β-unsaturated/α-hetero) is 1. The van der Waals surface area contributed by atoms with Gasteiger partial charge in [0.1, 0.15) is 30.1 Å². The Balaban J connectivity index is 1.40. The summed E-state index contributed by atoms with van der Waals surface area (Å²) in [6.07, 6.45) is 2.77. The summed E-state index contributed by atoms with van der Waals surface area (Å²) in [5, 5.41) is 28.9. The Labute approximate surface area is 182 Å². The molecule has 3 aromatic heterocycles. The number of carbonyl (C=O) groups is 1. The minimum atomic E-state index is -1.26. The lowest BCUT2D eigenvalue weighted by Crippen LogP contribution is -2.33. The smallest absolute Gasteiger partial charge is 0.320 e. The normalized spacial score (nSPS) is 26.2. The molecule has 0 radical (unpaired) electrons. The van der Waals surface area contributed by atoms with E-state index in [0.717, 1.165) is 25.7 Å². The second-order valence-electron chi connectivity index (χ2n) is 8.17. The molecular weight excluding hydrogens is 420 g/mol. The zero-order valence-corrected chi connectivity index (χ0v) is 17.4. The van der Waals surface area contributed by atoms with E-state index < -0.39 is 24.5 Å². The van der Waals surface area contributed by atoms with Crippen LogP contribution in [-0.4, -0.2) is 74.9 Å². The number of nitrogen functional groups attached to an aromatic ring is 1. The number of nitrogens with zero attached hydrogens (tertiary/aromatic N) is 7. The van der Waals surface area contributed by atoms with Crippen molar-refractivity contribution in [3.8, 4) is 6.01 Å². The van der Waals surface area contributed by atoms with Gasteiger partial charge in [-0.2, -0.15) is 9.97 Å². The van der Waals surface area contributed by atoms with Crippen LogP contribution >= 0.6 is 0 Å². The number of aliphatic hydroxyl groups is 2. The quantitative estimate of drug-likeness (QED) is 0.431. The average molecular weight is 444 g/mol. The molecule has 1 saturated carbocycles. The molecule has 5 rings (SSSR count). The first kappa shape index (κ1) is 20.7. The Morgan fingerprint density at radius 2 is 2.06 bits per heavy atom. The number of fused-ring (bicyclic) bond motifs is 1. The van der Waals surface area contributed by atoms with Gasteiger partial charge < -0.3 is 25.4 Å². The van der Waals surface area contributed by atoms with E-state index in [1.807, 2.05) is 0 Å². The fourth-order valence-corrected chi connectivity index (χ4v) is 4.15. The van der Waals surface area contributed by atoms with E-state index >= 15 is 0 Å². The molecule has 0 bridgehead atoms. The van der Waals surface area contributed by atoms with E-state index in [4.69, 9.17) is 15.2 Å². The van der Waals surface area contributed by atoms with Crippen LogP contribution < -0.4 is 10.5 Å². The number of nitrogens with two attached hydrogens (primary N) is 1. The summed E-state index contributed by atoms with van der Waals surface area (Å²) in [6, 6.07) is 0.146. The molecule has 0 spiro atoms. The van der Waals surface area contributed by atoms with Crippen molar-refractivity contribution in [1.82, 2.24) is 34.5 Å². The van der Waals surface area contributed by atoms with Crippen molar-refractivity contribution in [3.05, 3.63) is 18.2 Å². The van der Waals surface area contributed by atoms with Crippen molar-refractivity contribution in [1.29, 1.82) is 0 Å². The predicted molar refractivity (Wildman–Crippen MR) is 109 cm³/mol. The zero-order chi connectivity index (χ0) is 22.4. The summed E-state index contributed by atoms with van der Waals surface area (Å²) in [5.74, 6) is -0.0643. The number of imidazole rings is 1. The second kappa shape index (κ2) is 8.07. The third kappa shape index (κ3) is 3.67. The molecule has 4 heterocycles. The van der Waals surface area contributed by atoms with E-state index in [0.29, 0.717) is 11.2 Å². The van der Waals surface area contributed by atoms with Crippen LogP contribution in [0.15, 0.2) is 12.5 Å². The maximum absolute atomic E-state index is 11.4. The number of ether oxygens (including phenoxy) is 2. The van der Waals surface area contributed by atoms with E-state index in [1.165, 1.54) is 28.7 Å². The van der Waals surface area contributed by atoms with Crippen molar-refractivity contribution < 1.29 is 24.5 Å². The van der Waals surface area contributed by atoms with Crippen LogP contribution in [0.5, 0.6) is 6.01 Å². The van der Waals surface area contributed by atoms with E-state index in [9.17, 15) is 15.0 Å². The Morgan fingerprint density at radius 3 is 2.78 bits per heavy atom. The number of aromatic nitrogens is 7. The lowest BCUT2D eigenvalue weighted by Gasteiger charge is -2.17. The SMILES string of the molecule is CC(=O)c1cn(C[C@H]2O[C@@H](n3cnc4c(N)nc(OC5CCCC5)nc43)[C@H](O)[C@@H]2O)nn1. The molecule has 32 heavy (non-hydrogen) atoms. The highest BCUT2D eigenvalue weighted by molar-refractivity contribution is 5.91. The van der Waals surface area contributed by atoms with Crippen molar-refractivity contribution in [2.24, 2.45) is 0 Å². The Bertz CT molecular complexity index is 1140. The first-order valence-electron chi connectivity index (χ1n) is 10.5. The van der Waals surface area contributed by atoms with Crippen molar-refractivity contribution in [2.75, 3.05) is 5.73 Å². The highest BCUT2D eigenvalue weighted by Crippen LogP contribution is 2.33. The second-order valence-corrected chi connectivity index (χ2v) is 8.17. The van der Waals surface area contributed by atoms with Crippen molar-refractivity contribution in [2.45, 2.75) is 69.8 Å². The molecule has 2 aliphatic rings. The highest BCUT2D eigenvalue weighted by atomic mass is 16.6. The summed E-state index contributed by atoms with van der Waals surface area (Å²) < 4.78 is 14.7. The van der Waals surface area contributed by atoms with Crippen molar-refractivity contribution >= 4 is 22.8 Å². The predicted octanol–water partition coefficient (Wildman–Crippen LogP) is -0.157. The molecule has 13 heteroatoms. The van der Waals surface area contributed by atoms with Gasteiger partial charge in [-0.3, -0.25) is 9.36 Å². The number of hydrogen-bond donors (Lipinski definition) is 3. The standard InChI is InChI=1S/C19H24N8O5/c1-9(28)11-6-26(25-24-11)7-12-14(29)15(30)18(32-12)27-8-21-13-16(20)22-19(23-17(13)27)31-10-4-2-3-5-10/h6,8,10,12,14-15,18,29-30H,2-5,7H2,1H3,(H2,20,22,23)/t12-,14-,15-,18-/m1/s1. The molecular formula is C19H24N8O5. The van der Waals surface area contributed by atoms with E-state index in [-0.39, 0.29) is 36.0 Å². The van der Waals surface area contributed by atoms with Gasteiger partial charge in [-0.1, -0.05) is 5.21 Å². The number of ketones is 1. The number of anilines is 1. The molecule has 1 aliphatic carbocycles. The largest absolute Gasteiger partial charge is 0.460 e. The van der Waals surface area contributed by atoms with Gasteiger partial charge in [0.2, 0.25) is 0 Å². The summed E-state index contributed by atoms with van der Waals surface area (Å²) in [5.41, 5.74) is 6.94. The van der Waals surface area contributed by atoms with Gasteiger partial charge in [0, 0.05) is 6.92 Å². The van der Waals surface area contributed by atoms with E-state index in [2.05, 4.69) is 25.3 Å². The minimum Gasteiger partial charge on any atom is -0.460 e. The molecule has 0 amide bonds. The van der Waals surface area contributed by atoms with Crippen LogP contribution in [0.25, 0.3) is 11.2 Å². The number of rotatable bonds is 6. The maximum Gasteiger partial charge on any atom is 0.320 e. The van der Waals surface area contributed by atoms with Crippen LogP contribution in [0.2, 0.25) is 0 Å². The van der Waals surface area contributed by atoms with Crippen LogP contribution in [0.1, 0.15) is 49.3 Å². The van der Waals surface area contributed by atoms with Gasteiger partial charge in [0.05, 0.1) is 19.1 Å². The molecule has 4 atom stereocenters. The van der Waals surface area contributed by atoms with Gasteiger partial charge in [-0.25, -0.2) is 9.67 Å². The summed E-state index contributed by atoms with van der Waals surface area (Å²) in [4.78, 5) is 24.3. The third-order valence-electron chi connectivity index (χ3n) is 5.88. The monoisotopic (exact) mass is 444 g/mol. The number of aliphatic hydroxyl groups excluding tert-OH is 2. The van der Waals surface area contributed by atoms with Gasteiger partial charge in [0.25, 0.3) is 0 Å². The summed E-state index contributed by atoms with van der Waals surface area (Å²) >= 11 is 0. The van der Waals surface area contributed by atoms with Gasteiger partial charge in [-0.05, 0) is 25.7 Å². The topological polar surface area (TPSA) is 176 Å². The molecule has 170 valence electrons. The van der Waals surface area contributed by atoms with Crippen LogP contribution in [-0.2, 0) is 11.3 Å². The number of hydrogen-bond acceptors (Lipinski definition) is 11. The van der Waals surface area contributed by atoms with Crippen LogP contribution in [0, 0.1) is 0 Å². The number of carbonyl (C=O) groups excluding carboxylic acids is 1. The fraction of sp³-hybridized carbons (Fsp3) is 0.579. The Kier molecular flexibility index (Phi) is 5.23. The average Bonchev–Trinajstić information content (AvgIpc) is 3.54. The molecule has 3 aromatic rings. The van der Waals surface area contributed by atoms with Crippen LogP contribution in [0.4, 0.5) is 5.82 Å². The summed E-state index contributed by atoms with van der Waals surface area (Å²) in [7, 11) is 0. The molecule has 1 saturated heterocycles. The van der Waals surface area contributed by atoms with Gasteiger partial charge in [0.15, 0.2) is 29.0 Å². The Morgan fingerprint density at radius 1 is 1.28 bits per heavy atom. The van der Waals surface area contributed by atoms with Crippen LogP contribution in [0.3, 0.4) is 0 Å². The van der Waals surface area contributed by atoms with Gasteiger partial charge in [-0.15, -0.1) is 5.10 Å². The lowest BCUT2D eigenvalue weighted by molar-refractivity contribution is -0.0404. The first-order valence-corrected chi connectivity index (χ1v) is 10.5. The van der Waals surface area contributed by atoms with E-state index in [1.54, 1.807) is 0 Å². The van der Waals surface area contributed by atoms with Crippen molar-refractivity contribution in [3.63, 3.8) is 0 Å². The zero-order valence-electron chi connectivity index (χ0n) is 17.4. The van der Waals surface area contributed by atoms with Gasteiger partial charge >= 0.3 is 6.01 Å². The minimum absolute atomic E-state index is 0.0466. The lowest BCUT2D eigenvalue weighted by atomic mass is 10.1. The molecule has 4 N–H and O–H groups in total. The summed E-state index contributed by atoms with van der Waals surface area (Å²) in [6.45, 7) is 1.48.